The number of rotatable bonds is 4. The number of methoxy groups -OCH3 is 1. The summed E-state index contributed by atoms with van der Waals surface area (Å²) in [6.07, 6.45) is -1.35. The summed E-state index contributed by atoms with van der Waals surface area (Å²) in [4.78, 5) is 27.4. The van der Waals surface area contributed by atoms with Crippen LogP contribution in [0.2, 0.25) is 0 Å². The Morgan fingerprint density at radius 3 is 2.47 bits per heavy atom. The Bertz CT molecular complexity index is 941. The smallest absolute Gasteiger partial charge is 0.340 e. The monoisotopic (exact) mass is 412 g/mol. The normalized spacial score (nSPS) is 20.4. The van der Waals surface area contributed by atoms with E-state index in [0.29, 0.717) is 30.4 Å². The fourth-order valence-electron chi connectivity index (χ4n) is 3.55. The van der Waals surface area contributed by atoms with E-state index in [2.05, 4.69) is 10.2 Å². The van der Waals surface area contributed by atoms with Crippen molar-refractivity contribution < 1.29 is 28.5 Å². The number of hydrogen-bond donors (Lipinski definition) is 1. The third-order valence-electron chi connectivity index (χ3n) is 5.14. The molecule has 2 atom stereocenters. The highest BCUT2D eigenvalue weighted by atomic mass is 16.6. The summed E-state index contributed by atoms with van der Waals surface area (Å²) in [5.41, 5.74) is 1.51. The second-order valence-corrected chi connectivity index (χ2v) is 7.12. The number of anilines is 2. The van der Waals surface area contributed by atoms with Crippen LogP contribution in [0, 0.1) is 0 Å². The molecule has 0 bridgehead atoms. The lowest BCUT2D eigenvalue weighted by Gasteiger charge is -2.31. The largest absolute Gasteiger partial charge is 0.482 e. The number of fused-ring (bicyclic) bond motifs is 1. The minimum Gasteiger partial charge on any atom is -0.482 e. The summed E-state index contributed by atoms with van der Waals surface area (Å²) in [6, 6.07) is 12.5. The molecule has 0 aromatic heterocycles. The van der Waals surface area contributed by atoms with Gasteiger partial charge in [-0.15, -0.1) is 0 Å². The molecule has 4 rings (SSSR count). The quantitative estimate of drug-likeness (QED) is 0.772. The van der Waals surface area contributed by atoms with Crippen molar-refractivity contribution in [2.24, 2.45) is 0 Å². The number of nitrogens with one attached hydrogen (secondary N) is 1. The summed E-state index contributed by atoms with van der Waals surface area (Å²) in [7, 11) is 1.31. The summed E-state index contributed by atoms with van der Waals surface area (Å²) in [5, 5.41) is 2.80. The molecule has 0 spiro atoms. The highest BCUT2D eigenvalue weighted by Crippen LogP contribution is 2.34. The Hall–Kier alpha value is -3.26. The fourth-order valence-corrected chi connectivity index (χ4v) is 3.55. The molecule has 0 unspecified atom stereocenters. The van der Waals surface area contributed by atoms with Crippen LogP contribution in [-0.2, 0) is 14.3 Å². The lowest BCUT2D eigenvalue weighted by Crippen LogP contribution is -2.46. The molecule has 2 aromatic rings. The van der Waals surface area contributed by atoms with Gasteiger partial charge in [-0.05, 0) is 37.3 Å². The molecule has 0 radical (unpaired) electrons. The molecular formula is C22H24N2O6. The average Bonchev–Trinajstić information content (AvgIpc) is 2.78. The minimum absolute atomic E-state index is 0.277. The van der Waals surface area contributed by atoms with Crippen molar-refractivity contribution >= 4 is 23.3 Å². The van der Waals surface area contributed by atoms with Crippen molar-refractivity contribution in [3.8, 4) is 11.5 Å². The molecule has 8 nitrogen and oxygen atoms in total. The molecule has 2 aliphatic rings. The van der Waals surface area contributed by atoms with E-state index >= 15 is 0 Å². The van der Waals surface area contributed by atoms with Gasteiger partial charge >= 0.3 is 5.97 Å². The van der Waals surface area contributed by atoms with Crippen LogP contribution in [0.5, 0.6) is 11.5 Å². The lowest BCUT2D eigenvalue weighted by atomic mass is 10.1. The maximum atomic E-state index is 12.9. The number of morpholine rings is 1. The predicted octanol–water partition coefficient (Wildman–Crippen LogP) is 2.48. The number of carbonyl (C=O) groups is 2. The number of hydrogen-bond acceptors (Lipinski definition) is 7. The molecular weight excluding hydrogens is 388 g/mol. The Morgan fingerprint density at radius 2 is 1.77 bits per heavy atom. The third kappa shape index (κ3) is 4.04. The van der Waals surface area contributed by atoms with Gasteiger partial charge < -0.3 is 29.2 Å². The van der Waals surface area contributed by atoms with E-state index in [9.17, 15) is 9.59 Å². The van der Waals surface area contributed by atoms with Crippen LogP contribution in [0.1, 0.15) is 17.3 Å². The first-order valence-electron chi connectivity index (χ1n) is 9.85. The minimum atomic E-state index is -0.857. The molecule has 1 fully saturated rings. The van der Waals surface area contributed by atoms with Crippen LogP contribution in [0.15, 0.2) is 42.5 Å². The lowest BCUT2D eigenvalue weighted by molar-refractivity contribution is -0.128. The van der Waals surface area contributed by atoms with E-state index in [-0.39, 0.29) is 5.56 Å². The Balaban J connectivity index is 1.56. The van der Waals surface area contributed by atoms with Crippen LogP contribution in [0.3, 0.4) is 0 Å². The third-order valence-corrected chi connectivity index (χ3v) is 5.14. The summed E-state index contributed by atoms with van der Waals surface area (Å²) < 4.78 is 22.0. The molecule has 0 aliphatic carbocycles. The van der Waals surface area contributed by atoms with Crippen LogP contribution >= 0.6 is 0 Å². The maximum Gasteiger partial charge on any atom is 0.340 e. The van der Waals surface area contributed by atoms with Crippen molar-refractivity contribution in [3.05, 3.63) is 48.0 Å². The molecule has 0 saturated carbocycles. The SMILES string of the molecule is COC(=O)c1cc(N2CCOCC2)ccc1NC(=O)[C@@H]1Oc2ccccc2O[C@@H]1C. The van der Waals surface area contributed by atoms with E-state index in [0.717, 1.165) is 18.8 Å². The molecule has 1 saturated heterocycles. The predicted molar refractivity (Wildman–Crippen MR) is 110 cm³/mol. The van der Waals surface area contributed by atoms with Gasteiger partial charge in [0.1, 0.15) is 6.10 Å². The van der Waals surface area contributed by atoms with Gasteiger partial charge in [0.15, 0.2) is 11.5 Å². The Labute approximate surface area is 174 Å². The highest BCUT2D eigenvalue weighted by Gasteiger charge is 2.34. The number of nitrogens with zero attached hydrogens (tertiary/aromatic N) is 1. The van der Waals surface area contributed by atoms with E-state index in [1.807, 2.05) is 18.2 Å². The first kappa shape index (κ1) is 20.0. The molecule has 1 N–H and O–H groups in total. The number of amides is 1. The zero-order valence-electron chi connectivity index (χ0n) is 16.9. The summed E-state index contributed by atoms with van der Waals surface area (Å²) in [6.45, 7) is 4.49. The molecule has 2 aromatic carbocycles. The van der Waals surface area contributed by atoms with Crippen molar-refractivity contribution in [2.75, 3.05) is 43.6 Å². The van der Waals surface area contributed by atoms with Crippen LogP contribution in [-0.4, -0.2) is 57.5 Å². The number of ether oxygens (including phenoxy) is 4. The topological polar surface area (TPSA) is 86.3 Å². The highest BCUT2D eigenvalue weighted by molar-refractivity contribution is 6.03. The first-order chi connectivity index (χ1) is 14.6. The molecule has 30 heavy (non-hydrogen) atoms. The molecule has 2 aliphatic heterocycles. The van der Waals surface area contributed by atoms with Crippen LogP contribution in [0.25, 0.3) is 0 Å². The molecule has 8 heteroatoms. The zero-order chi connectivity index (χ0) is 21.1. The summed E-state index contributed by atoms with van der Waals surface area (Å²) in [5.74, 6) is 0.173. The van der Waals surface area contributed by atoms with Gasteiger partial charge in [0.25, 0.3) is 5.91 Å². The number of esters is 1. The second-order valence-electron chi connectivity index (χ2n) is 7.12. The molecule has 1 amide bonds. The van der Waals surface area contributed by atoms with Gasteiger partial charge in [0.2, 0.25) is 6.10 Å². The van der Waals surface area contributed by atoms with Gasteiger partial charge in [-0.2, -0.15) is 0 Å². The molecule has 2 heterocycles. The number of carbonyl (C=O) groups excluding carboxylic acids is 2. The number of benzene rings is 2. The van der Waals surface area contributed by atoms with Crippen LogP contribution in [0.4, 0.5) is 11.4 Å². The van der Waals surface area contributed by atoms with Gasteiger partial charge in [0, 0.05) is 18.8 Å². The average molecular weight is 412 g/mol. The van der Waals surface area contributed by atoms with E-state index in [1.165, 1.54) is 7.11 Å². The zero-order valence-corrected chi connectivity index (χ0v) is 16.9. The van der Waals surface area contributed by atoms with E-state index in [4.69, 9.17) is 18.9 Å². The fraction of sp³-hybridized carbons (Fsp3) is 0.364. The van der Waals surface area contributed by atoms with Crippen molar-refractivity contribution in [2.45, 2.75) is 19.1 Å². The Kier molecular flexibility index (Phi) is 5.76. The van der Waals surface area contributed by atoms with Gasteiger partial charge in [0.05, 0.1) is 31.6 Å². The summed E-state index contributed by atoms with van der Waals surface area (Å²) >= 11 is 0. The van der Waals surface area contributed by atoms with Gasteiger partial charge in [-0.3, -0.25) is 4.79 Å². The van der Waals surface area contributed by atoms with Crippen molar-refractivity contribution in [1.82, 2.24) is 0 Å². The Morgan fingerprint density at radius 1 is 1.07 bits per heavy atom. The molecule has 158 valence electrons. The maximum absolute atomic E-state index is 12.9. The number of para-hydroxylation sites is 2. The standard InChI is InChI=1S/C22H24N2O6/c1-14-20(30-19-6-4-3-5-18(19)29-14)21(25)23-17-8-7-15(13-16(17)22(26)27-2)24-9-11-28-12-10-24/h3-8,13-14,20H,9-12H2,1-2H3,(H,23,25)/t14-,20-/m1/s1. The van der Waals surface area contributed by atoms with E-state index in [1.54, 1.807) is 31.2 Å². The van der Waals surface area contributed by atoms with Crippen molar-refractivity contribution in [3.63, 3.8) is 0 Å². The van der Waals surface area contributed by atoms with Gasteiger partial charge in [-0.1, -0.05) is 12.1 Å². The first-order valence-corrected chi connectivity index (χ1v) is 9.85. The van der Waals surface area contributed by atoms with Crippen LogP contribution < -0.4 is 19.7 Å². The second kappa shape index (κ2) is 8.62. The van der Waals surface area contributed by atoms with E-state index < -0.39 is 24.1 Å². The van der Waals surface area contributed by atoms with Crippen molar-refractivity contribution in [1.29, 1.82) is 0 Å². The van der Waals surface area contributed by atoms with Gasteiger partial charge in [-0.25, -0.2) is 4.79 Å².